The molecule has 2 fully saturated rings. The summed E-state index contributed by atoms with van der Waals surface area (Å²) in [6.45, 7) is 0.140. The zero-order chi connectivity index (χ0) is 17.6. The van der Waals surface area contributed by atoms with Crippen LogP contribution in [0.3, 0.4) is 0 Å². The summed E-state index contributed by atoms with van der Waals surface area (Å²) in [7, 11) is 1.79. The Kier molecular flexibility index (Phi) is 4.05. The molecule has 136 valence electrons. The molecule has 1 atom stereocenters. The van der Waals surface area contributed by atoms with Crippen molar-refractivity contribution in [1.29, 1.82) is 0 Å². The highest BCUT2D eigenvalue weighted by molar-refractivity contribution is 5.87. The molecule has 1 saturated heterocycles. The van der Waals surface area contributed by atoms with Gasteiger partial charge in [0.25, 0.3) is 0 Å². The maximum Gasteiger partial charge on any atom is 0.416 e. The van der Waals surface area contributed by atoms with Crippen molar-refractivity contribution in [2.75, 3.05) is 24.6 Å². The smallest absolute Gasteiger partial charge is 0.365 e. The first-order chi connectivity index (χ1) is 11.9. The predicted molar refractivity (Wildman–Crippen MR) is 85.5 cm³/mol. The summed E-state index contributed by atoms with van der Waals surface area (Å²) in [6, 6.07) is 0. The second kappa shape index (κ2) is 6.12. The first kappa shape index (κ1) is 16.6. The van der Waals surface area contributed by atoms with Crippen molar-refractivity contribution in [2.45, 2.75) is 43.9 Å². The lowest BCUT2D eigenvalue weighted by molar-refractivity contribution is -0.221. The number of nitrogens with zero attached hydrogens (tertiary/aromatic N) is 5. The molecule has 9 heteroatoms. The SMILES string of the molecule is Cn1ncc2c(N3CCO[C@H](C(F)(F)F)C3)nc(C3CCCC3)nc21. The van der Waals surface area contributed by atoms with Crippen molar-refractivity contribution in [3.05, 3.63) is 12.0 Å². The Labute approximate surface area is 143 Å². The Balaban J connectivity index is 1.74. The van der Waals surface area contributed by atoms with E-state index in [-0.39, 0.29) is 19.1 Å². The van der Waals surface area contributed by atoms with Gasteiger partial charge in [0.1, 0.15) is 11.6 Å². The van der Waals surface area contributed by atoms with Crippen LogP contribution in [0, 0.1) is 0 Å². The molecular weight excluding hydrogens is 335 g/mol. The molecule has 2 aliphatic rings. The van der Waals surface area contributed by atoms with E-state index in [1.165, 1.54) is 0 Å². The number of alkyl halides is 3. The highest BCUT2D eigenvalue weighted by atomic mass is 19.4. The minimum absolute atomic E-state index is 0.0225. The Morgan fingerprint density at radius 1 is 1.20 bits per heavy atom. The number of aromatic nitrogens is 4. The molecule has 0 unspecified atom stereocenters. The minimum Gasteiger partial charge on any atom is -0.365 e. The fourth-order valence-electron chi connectivity index (χ4n) is 3.67. The summed E-state index contributed by atoms with van der Waals surface area (Å²) < 4.78 is 45.8. The molecule has 3 heterocycles. The van der Waals surface area contributed by atoms with E-state index in [2.05, 4.69) is 15.1 Å². The van der Waals surface area contributed by atoms with Gasteiger partial charge in [0, 0.05) is 19.5 Å². The van der Waals surface area contributed by atoms with E-state index in [4.69, 9.17) is 4.74 Å². The molecule has 4 rings (SSSR count). The molecule has 0 amide bonds. The van der Waals surface area contributed by atoms with Gasteiger partial charge >= 0.3 is 6.18 Å². The molecule has 0 radical (unpaired) electrons. The highest BCUT2D eigenvalue weighted by Gasteiger charge is 2.44. The quantitative estimate of drug-likeness (QED) is 0.829. The average Bonchev–Trinajstić information content (AvgIpc) is 3.24. The molecule has 2 aromatic rings. The van der Waals surface area contributed by atoms with Gasteiger partial charge in [-0.05, 0) is 12.8 Å². The van der Waals surface area contributed by atoms with Crippen LogP contribution in [-0.4, -0.2) is 51.7 Å². The summed E-state index contributed by atoms with van der Waals surface area (Å²) in [5.41, 5.74) is 0.668. The number of halogens is 3. The Morgan fingerprint density at radius 2 is 1.96 bits per heavy atom. The zero-order valence-electron chi connectivity index (χ0n) is 14.0. The van der Waals surface area contributed by atoms with Crippen molar-refractivity contribution in [2.24, 2.45) is 7.05 Å². The minimum atomic E-state index is -4.38. The van der Waals surface area contributed by atoms with Gasteiger partial charge in [0.15, 0.2) is 11.8 Å². The van der Waals surface area contributed by atoms with Crippen LogP contribution in [0.5, 0.6) is 0 Å². The standard InChI is InChI=1S/C16H20F3N5O/c1-23-14-11(8-20-23)15(22-13(21-14)10-4-2-3-5-10)24-6-7-25-12(9-24)16(17,18)19/h8,10,12H,2-7,9H2,1H3/t12-/m0/s1. The Bertz CT molecular complexity index is 769. The van der Waals surface area contributed by atoms with E-state index in [1.807, 2.05) is 0 Å². The maximum atomic E-state index is 13.1. The summed E-state index contributed by atoms with van der Waals surface area (Å²) in [6.07, 6.45) is -0.220. The third kappa shape index (κ3) is 3.05. The van der Waals surface area contributed by atoms with E-state index >= 15 is 0 Å². The number of rotatable bonds is 2. The number of aryl methyl sites for hydroxylation is 1. The number of morpholine rings is 1. The number of anilines is 1. The Morgan fingerprint density at radius 3 is 2.68 bits per heavy atom. The van der Waals surface area contributed by atoms with Crippen LogP contribution in [-0.2, 0) is 11.8 Å². The zero-order valence-corrected chi connectivity index (χ0v) is 14.0. The topological polar surface area (TPSA) is 56.1 Å². The number of hydrogen-bond acceptors (Lipinski definition) is 5. The second-order valence-corrected chi connectivity index (χ2v) is 6.74. The van der Waals surface area contributed by atoms with Gasteiger partial charge in [0.05, 0.1) is 24.7 Å². The van der Waals surface area contributed by atoms with E-state index < -0.39 is 12.3 Å². The molecule has 25 heavy (non-hydrogen) atoms. The molecule has 0 aromatic carbocycles. The normalized spacial score (nSPS) is 22.9. The molecule has 1 saturated carbocycles. The summed E-state index contributed by atoms with van der Waals surface area (Å²) in [5, 5.41) is 4.91. The third-order valence-electron chi connectivity index (χ3n) is 5.04. The van der Waals surface area contributed by atoms with Crippen LogP contribution >= 0.6 is 0 Å². The lowest BCUT2D eigenvalue weighted by Gasteiger charge is -2.35. The van der Waals surface area contributed by atoms with Crippen molar-refractivity contribution >= 4 is 16.9 Å². The molecule has 2 aromatic heterocycles. The van der Waals surface area contributed by atoms with Crippen LogP contribution in [0.25, 0.3) is 11.0 Å². The number of ether oxygens (including phenoxy) is 1. The van der Waals surface area contributed by atoms with E-state index in [1.54, 1.807) is 22.8 Å². The molecule has 0 spiro atoms. The van der Waals surface area contributed by atoms with Crippen LogP contribution in [0.15, 0.2) is 6.20 Å². The van der Waals surface area contributed by atoms with Gasteiger partial charge in [-0.25, -0.2) is 9.97 Å². The van der Waals surface area contributed by atoms with Crippen molar-refractivity contribution < 1.29 is 17.9 Å². The molecule has 0 N–H and O–H groups in total. The van der Waals surface area contributed by atoms with E-state index in [0.29, 0.717) is 23.4 Å². The first-order valence-electron chi connectivity index (χ1n) is 8.56. The van der Waals surface area contributed by atoms with Gasteiger partial charge in [-0.2, -0.15) is 18.3 Å². The van der Waals surface area contributed by atoms with Gasteiger partial charge in [-0.1, -0.05) is 12.8 Å². The average molecular weight is 355 g/mol. The van der Waals surface area contributed by atoms with Gasteiger partial charge < -0.3 is 9.64 Å². The molecule has 1 aliphatic heterocycles. The van der Waals surface area contributed by atoms with Crippen molar-refractivity contribution in [1.82, 2.24) is 19.7 Å². The molecule has 1 aliphatic carbocycles. The van der Waals surface area contributed by atoms with Crippen molar-refractivity contribution in [3.63, 3.8) is 0 Å². The summed E-state index contributed by atoms with van der Waals surface area (Å²) in [4.78, 5) is 11.0. The van der Waals surface area contributed by atoms with Crippen molar-refractivity contribution in [3.8, 4) is 0 Å². The van der Waals surface area contributed by atoms with E-state index in [0.717, 1.165) is 31.5 Å². The fourth-order valence-corrected chi connectivity index (χ4v) is 3.67. The number of hydrogen-bond donors (Lipinski definition) is 0. The lowest BCUT2D eigenvalue weighted by Crippen LogP contribution is -2.49. The first-order valence-corrected chi connectivity index (χ1v) is 8.56. The van der Waals surface area contributed by atoms with Crippen LogP contribution in [0.4, 0.5) is 19.0 Å². The lowest BCUT2D eigenvalue weighted by atomic mass is 10.1. The fraction of sp³-hybridized carbons (Fsp3) is 0.688. The van der Waals surface area contributed by atoms with Crippen LogP contribution in [0.1, 0.15) is 37.4 Å². The Hall–Kier alpha value is -1.90. The number of fused-ring (bicyclic) bond motifs is 1. The maximum absolute atomic E-state index is 13.1. The largest absolute Gasteiger partial charge is 0.416 e. The third-order valence-corrected chi connectivity index (χ3v) is 5.04. The second-order valence-electron chi connectivity index (χ2n) is 6.74. The van der Waals surface area contributed by atoms with E-state index in [9.17, 15) is 13.2 Å². The monoisotopic (exact) mass is 355 g/mol. The highest BCUT2D eigenvalue weighted by Crippen LogP contribution is 2.36. The van der Waals surface area contributed by atoms with Gasteiger partial charge in [-0.15, -0.1) is 0 Å². The van der Waals surface area contributed by atoms with Crippen LogP contribution < -0.4 is 4.90 Å². The summed E-state index contributed by atoms with van der Waals surface area (Å²) in [5.74, 6) is 1.54. The van der Waals surface area contributed by atoms with Gasteiger partial charge in [-0.3, -0.25) is 4.68 Å². The van der Waals surface area contributed by atoms with Crippen LogP contribution in [0.2, 0.25) is 0 Å². The molecule has 6 nitrogen and oxygen atoms in total. The predicted octanol–water partition coefficient (Wildman–Crippen LogP) is 2.79. The summed E-state index contributed by atoms with van der Waals surface area (Å²) >= 11 is 0. The molecular formula is C16H20F3N5O. The van der Waals surface area contributed by atoms with Gasteiger partial charge in [0.2, 0.25) is 0 Å². The molecule has 0 bridgehead atoms.